The fourth-order valence-corrected chi connectivity index (χ4v) is 3.54. The van der Waals surface area contributed by atoms with Gasteiger partial charge in [-0.1, -0.05) is 11.6 Å². The van der Waals surface area contributed by atoms with Crippen molar-refractivity contribution in [2.24, 2.45) is 0 Å². The number of amides is 2. The quantitative estimate of drug-likeness (QED) is 0.706. The van der Waals surface area contributed by atoms with Gasteiger partial charge in [0.15, 0.2) is 11.6 Å². The summed E-state index contributed by atoms with van der Waals surface area (Å²) in [5, 5.41) is 4.58. The van der Waals surface area contributed by atoms with Crippen molar-refractivity contribution in [3.8, 4) is 5.75 Å². The molecule has 1 aliphatic rings. The van der Waals surface area contributed by atoms with Crippen molar-refractivity contribution in [3.05, 3.63) is 35.0 Å². The average Bonchev–Trinajstić information content (AvgIpc) is 3.12. The Bertz CT molecular complexity index is 959. The van der Waals surface area contributed by atoms with Crippen LogP contribution in [0.5, 0.6) is 5.75 Å². The average molecular weight is 459 g/mol. The van der Waals surface area contributed by atoms with Crippen LogP contribution < -0.4 is 20.3 Å². The van der Waals surface area contributed by atoms with Crippen LogP contribution in [0.4, 0.5) is 35.4 Å². The summed E-state index contributed by atoms with van der Waals surface area (Å²) in [5.41, 5.74) is -1.08. The number of aromatic nitrogens is 2. The maximum Gasteiger partial charge on any atom is 0.416 e. The number of halogens is 4. The molecule has 12 heteroatoms. The number of alkyl halides is 3. The Morgan fingerprint density at radius 2 is 2.06 bits per heavy atom. The smallest absolute Gasteiger partial charge is 0.416 e. The molecule has 2 heterocycles. The second kappa shape index (κ2) is 9.15. The largest absolute Gasteiger partial charge is 0.491 e. The van der Waals surface area contributed by atoms with E-state index in [1.807, 2.05) is 19.0 Å². The van der Waals surface area contributed by atoms with Crippen molar-refractivity contribution in [3.63, 3.8) is 0 Å². The molecule has 2 aromatic rings. The lowest BCUT2D eigenvalue weighted by Crippen LogP contribution is -2.35. The topological polar surface area (TPSA) is 82.6 Å². The lowest BCUT2D eigenvalue weighted by molar-refractivity contribution is -0.137. The normalized spacial score (nSPS) is 16.8. The van der Waals surface area contributed by atoms with Gasteiger partial charge in [0.05, 0.1) is 18.9 Å². The predicted molar refractivity (Wildman–Crippen MR) is 112 cm³/mol. The summed E-state index contributed by atoms with van der Waals surface area (Å²) in [6, 6.07) is 2.18. The highest BCUT2D eigenvalue weighted by Crippen LogP contribution is 2.33. The number of nitrogens with zero attached hydrogens (tertiary/aromatic N) is 4. The second-order valence-electron chi connectivity index (χ2n) is 7.21. The molecule has 31 heavy (non-hydrogen) atoms. The lowest BCUT2D eigenvalue weighted by atomic mass is 10.2. The van der Waals surface area contributed by atoms with E-state index in [0.717, 1.165) is 31.6 Å². The third kappa shape index (κ3) is 5.67. The number of likely N-dealkylation sites (tertiary alicyclic amines) is 1. The van der Waals surface area contributed by atoms with Crippen LogP contribution >= 0.6 is 11.6 Å². The molecule has 8 nitrogen and oxygen atoms in total. The van der Waals surface area contributed by atoms with Gasteiger partial charge in [0.25, 0.3) is 0 Å². The summed E-state index contributed by atoms with van der Waals surface area (Å²) in [4.78, 5) is 24.9. The summed E-state index contributed by atoms with van der Waals surface area (Å²) in [5.74, 6) is 0.910. The van der Waals surface area contributed by atoms with Crippen molar-refractivity contribution in [2.75, 3.05) is 49.8 Å². The van der Waals surface area contributed by atoms with E-state index in [1.165, 1.54) is 19.4 Å². The highest BCUT2D eigenvalue weighted by atomic mass is 35.5. The number of anilines is 3. The zero-order valence-electron chi connectivity index (χ0n) is 17.1. The number of nitrogens with one attached hydrogen (secondary N) is 2. The summed E-state index contributed by atoms with van der Waals surface area (Å²) >= 11 is 5.74. The number of rotatable bonds is 5. The van der Waals surface area contributed by atoms with Gasteiger partial charge in [-0.15, -0.1) is 0 Å². The molecule has 1 saturated heterocycles. The fourth-order valence-electron chi connectivity index (χ4n) is 3.31. The first-order valence-corrected chi connectivity index (χ1v) is 9.73. The van der Waals surface area contributed by atoms with Gasteiger partial charge < -0.3 is 19.9 Å². The molecule has 1 fully saturated rings. The molecule has 2 N–H and O–H groups in total. The van der Waals surface area contributed by atoms with Crippen LogP contribution in [0.3, 0.4) is 0 Å². The Kier molecular flexibility index (Phi) is 6.75. The zero-order valence-corrected chi connectivity index (χ0v) is 17.9. The Labute approximate surface area is 182 Å². The van der Waals surface area contributed by atoms with Crippen LogP contribution in [0.2, 0.25) is 5.02 Å². The van der Waals surface area contributed by atoms with Crippen molar-refractivity contribution >= 4 is 35.1 Å². The van der Waals surface area contributed by atoms with E-state index < -0.39 is 17.8 Å². The first-order valence-electron chi connectivity index (χ1n) is 9.35. The van der Waals surface area contributed by atoms with Crippen LogP contribution in [0, 0.1) is 0 Å². The van der Waals surface area contributed by atoms with Crippen LogP contribution in [0.1, 0.15) is 12.0 Å². The van der Waals surface area contributed by atoms with Crippen LogP contribution in [-0.2, 0) is 6.18 Å². The summed E-state index contributed by atoms with van der Waals surface area (Å²) in [6.45, 7) is 1.80. The minimum Gasteiger partial charge on any atom is -0.491 e. The maximum atomic E-state index is 12.9. The number of hydrogen-bond acceptors (Lipinski definition) is 6. The number of methoxy groups -OCH3 is 1. The van der Waals surface area contributed by atoms with E-state index in [2.05, 4.69) is 25.5 Å². The van der Waals surface area contributed by atoms with Gasteiger partial charge in [0.1, 0.15) is 0 Å². The molecule has 0 bridgehead atoms. The maximum absolute atomic E-state index is 12.9. The summed E-state index contributed by atoms with van der Waals surface area (Å²) < 4.78 is 44.2. The molecule has 1 unspecified atom stereocenters. The van der Waals surface area contributed by atoms with Crippen molar-refractivity contribution in [1.82, 2.24) is 14.9 Å². The van der Waals surface area contributed by atoms with E-state index in [-0.39, 0.29) is 22.7 Å². The minimum absolute atomic E-state index is 0.0235. The number of urea groups is 1. The summed E-state index contributed by atoms with van der Waals surface area (Å²) in [6.07, 6.45) is -2.22. The Balaban J connectivity index is 1.75. The van der Waals surface area contributed by atoms with Gasteiger partial charge in [0, 0.05) is 30.3 Å². The molecule has 0 spiro atoms. The van der Waals surface area contributed by atoms with E-state index >= 15 is 0 Å². The van der Waals surface area contributed by atoms with Gasteiger partial charge in [-0.3, -0.25) is 5.32 Å². The molecule has 0 aliphatic carbocycles. The Morgan fingerprint density at radius 1 is 1.32 bits per heavy atom. The molecule has 3 rings (SSSR count). The minimum atomic E-state index is -4.59. The molecule has 1 aromatic heterocycles. The second-order valence-corrected chi connectivity index (χ2v) is 7.64. The van der Waals surface area contributed by atoms with E-state index in [4.69, 9.17) is 16.3 Å². The Hall–Kier alpha value is -2.79. The molecule has 0 saturated carbocycles. The SMILES string of the molecule is COc1cnc(NC(=O)Nc2cc(Cl)cc(C(F)(F)F)c2)nc1N(C)C1CCN(C)C1. The first kappa shape index (κ1) is 22.9. The molecule has 1 atom stereocenters. The summed E-state index contributed by atoms with van der Waals surface area (Å²) in [7, 11) is 5.40. The molecule has 2 amide bonds. The van der Waals surface area contributed by atoms with Crippen LogP contribution in [0.15, 0.2) is 24.4 Å². The van der Waals surface area contributed by atoms with Crippen molar-refractivity contribution in [1.29, 1.82) is 0 Å². The van der Waals surface area contributed by atoms with Crippen molar-refractivity contribution in [2.45, 2.75) is 18.6 Å². The predicted octanol–water partition coefficient (Wildman–Crippen LogP) is 3.94. The van der Waals surface area contributed by atoms with E-state index in [1.54, 1.807) is 0 Å². The van der Waals surface area contributed by atoms with Gasteiger partial charge >= 0.3 is 12.2 Å². The molecule has 1 aliphatic heterocycles. The Morgan fingerprint density at radius 3 is 2.68 bits per heavy atom. The number of hydrogen-bond donors (Lipinski definition) is 2. The standard InChI is InChI=1S/C19H22ClF3N6O2/c1-28-5-4-14(10-28)29(2)16-15(31-3)9-24-17(26-16)27-18(30)25-13-7-11(19(21,22)23)6-12(20)8-13/h6-9,14H,4-5,10H2,1-3H3,(H2,24,25,26,27,30). The molecule has 168 valence electrons. The highest BCUT2D eigenvalue weighted by Gasteiger charge is 2.31. The van der Waals surface area contributed by atoms with Gasteiger partial charge in [0.2, 0.25) is 5.95 Å². The zero-order chi connectivity index (χ0) is 22.8. The number of carbonyl (C=O) groups excluding carboxylic acids is 1. The first-order chi connectivity index (χ1) is 14.6. The molecular formula is C19H22ClF3N6O2. The van der Waals surface area contributed by atoms with E-state index in [9.17, 15) is 18.0 Å². The third-order valence-electron chi connectivity index (χ3n) is 4.91. The van der Waals surface area contributed by atoms with Crippen molar-refractivity contribution < 1.29 is 22.7 Å². The molecule has 1 aromatic carbocycles. The number of ether oxygens (including phenoxy) is 1. The van der Waals surface area contributed by atoms with Crippen LogP contribution in [-0.4, -0.2) is 61.2 Å². The van der Waals surface area contributed by atoms with Crippen LogP contribution in [0.25, 0.3) is 0 Å². The van der Waals surface area contributed by atoms with Gasteiger partial charge in [-0.2, -0.15) is 18.2 Å². The monoisotopic (exact) mass is 458 g/mol. The van der Waals surface area contributed by atoms with E-state index in [0.29, 0.717) is 11.6 Å². The fraction of sp³-hybridized carbons (Fsp3) is 0.421. The molecule has 0 radical (unpaired) electrons. The van der Waals surface area contributed by atoms with Gasteiger partial charge in [-0.05, 0) is 38.2 Å². The van der Waals surface area contributed by atoms with Gasteiger partial charge in [-0.25, -0.2) is 9.78 Å². The third-order valence-corrected chi connectivity index (χ3v) is 5.13. The lowest BCUT2D eigenvalue weighted by Gasteiger charge is -2.27. The highest BCUT2D eigenvalue weighted by molar-refractivity contribution is 6.31. The number of carbonyl (C=O) groups is 1. The number of likely N-dealkylation sites (N-methyl/N-ethyl adjacent to an activating group) is 2. The molecular weight excluding hydrogens is 437 g/mol. The number of benzene rings is 1.